The molecule has 0 amide bonds. The van der Waals surface area contributed by atoms with E-state index in [1.54, 1.807) is 6.33 Å². The first-order valence-corrected chi connectivity index (χ1v) is 3.60. The molecule has 0 atom stereocenters. The quantitative estimate of drug-likeness (QED) is 0.678. The van der Waals surface area contributed by atoms with E-state index in [-0.39, 0.29) is 0 Å². The Hall–Kier alpha value is -0.790. The summed E-state index contributed by atoms with van der Waals surface area (Å²) in [6, 6.07) is 0. The predicted molar refractivity (Wildman–Crippen MR) is 41.4 cm³/mol. The number of H-pyrrole nitrogens is 1. The molecule has 1 aromatic heterocycles. The van der Waals surface area contributed by atoms with Gasteiger partial charge in [-0.05, 0) is 12.3 Å². The van der Waals surface area contributed by atoms with Gasteiger partial charge in [0.15, 0.2) is 0 Å². The maximum Gasteiger partial charge on any atom is 0.0921 e. The van der Waals surface area contributed by atoms with Crippen molar-refractivity contribution in [3.05, 3.63) is 24.6 Å². The second-order valence-electron chi connectivity index (χ2n) is 2.84. The van der Waals surface area contributed by atoms with Crippen LogP contribution in [0.2, 0.25) is 0 Å². The van der Waals surface area contributed by atoms with Crippen LogP contribution in [0, 0.1) is 12.3 Å². The smallest absolute Gasteiger partial charge is 0.0921 e. The van der Waals surface area contributed by atoms with Crippen LogP contribution >= 0.6 is 0 Å². The molecule has 2 nitrogen and oxygen atoms in total. The van der Waals surface area contributed by atoms with Gasteiger partial charge in [0.25, 0.3) is 0 Å². The topological polar surface area (TPSA) is 28.7 Å². The third kappa shape index (κ3) is 2.21. The monoisotopic (exact) mass is 137 g/mol. The second-order valence-corrected chi connectivity index (χ2v) is 2.84. The van der Waals surface area contributed by atoms with E-state index in [0.717, 1.165) is 18.0 Å². The predicted octanol–water partition coefficient (Wildman–Crippen LogP) is 2.01. The molecule has 0 aliphatic carbocycles. The maximum absolute atomic E-state index is 3.91. The average Bonchev–Trinajstić information content (AvgIpc) is 2.34. The number of imidazole rings is 1. The summed E-state index contributed by atoms with van der Waals surface area (Å²) >= 11 is 0. The fourth-order valence-electron chi connectivity index (χ4n) is 0.741. The molecule has 0 fully saturated rings. The number of nitrogens with one attached hydrogen (secondary N) is 1. The highest BCUT2D eigenvalue weighted by Crippen LogP contribution is 2.07. The van der Waals surface area contributed by atoms with Crippen molar-refractivity contribution in [2.75, 3.05) is 0 Å². The van der Waals surface area contributed by atoms with E-state index in [2.05, 4.69) is 30.2 Å². The van der Waals surface area contributed by atoms with Crippen LogP contribution in [0.1, 0.15) is 26.0 Å². The Bertz CT molecular complexity index is 165. The van der Waals surface area contributed by atoms with Crippen molar-refractivity contribution in [3.8, 4) is 0 Å². The molecule has 0 saturated carbocycles. The van der Waals surface area contributed by atoms with Crippen LogP contribution in [0.5, 0.6) is 0 Å². The zero-order chi connectivity index (χ0) is 7.40. The van der Waals surface area contributed by atoms with Crippen molar-refractivity contribution in [2.45, 2.75) is 20.3 Å². The van der Waals surface area contributed by atoms with Crippen LogP contribution in [0.25, 0.3) is 0 Å². The Morgan fingerprint density at radius 2 is 2.50 bits per heavy atom. The second kappa shape index (κ2) is 3.40. The fourth-order valence-corrected chi connectivity index (χ4v) is 0.741. The zero-order valence-electron chi connectivity index (χ0n) is 6.46. The van der Waals surface area contributed by atoms with Crippen molar-refractivity contribution in [2.24, 2.45) is 5.92 Å². The molecule has 0 aliphatic rings. The molecule has 1 heterocycles. The Morgan fingerprint density at radius 3 is 3.00 bits per heavy atom. The number of rotatable bonds is 3. The minimum absolute atomic E-state index is 0.725. The first kappa shape index (κ1) is 7.32. The SMILES string of the molecule is CC(C)C[CH]c1cnc[nH]1. The lowest BCUT2D eigenvalue weighted by atomic mass is 10.1. The minimum atomic E-state index is 0.725. The lowest BCUT2D eigenvalue weighted by Gasteiger charge is -1.99. The van der Waals surface area contributed by atoms with Crippen LogP contribution < -0.4 is 0 Å². The van der Waals surface area contributed by atoms with Gasteiger partial charge >= 0.3 is 0 Å². The summed E-state index contributed by atoms with van der Waals surface area (Å²) in [4.78, 5) is 6.94. The van der Waals surface area contributed by atoms with Gasteiger partial charge in [-0.1, -0.05) is 13.8 Å². The molecule has 2 heteroatoms. The van der Waals surface area contributed by atoms with Crippen LogP contribution in [0.3, 0.4) is 0 Å². The summed E-state index contributed by atoms with van der Waals surface area (Å²) < 4.78 is 0. The normalized spacial score (nSPS) is 10.7. The van der Waals surface area contributed by atoms with Gasteiger partial charge in [-0.2, -0.15) is 0 Å². The molecular formula is C8H13N2. The summed E-state index contributed by atoms with van der Waals surface area (Å²) in [5.74, 6) is 0.725. The summed E-state index contributed by atoms with van der Waals surface area (Å²) in [6.07, 6.45) is 6.81. The molecule has 1 N–H and O–H groups in total. The van der Waals surface area contributed by atoms with Crippen molar-refractivity contribution in [3.63, 3.8) is 0 Å². The van der Waals surface area contributed by atoms with E-state index in [1.165, 1.54) is 0 Å². The van der Waals surface area contributed by atoms with Crippen LogP contribution in [0.15, 0.2) is 12.5 Å². The highest BCUT2D eigenvalue weighted by atomic mass is 14.9. The van der Waals surface area contributed by atoms with E-state index in [4.69, 9.17) is 0 Å². The van der Waals surface area contributed by atoms with Crippen molar-refractivity contribution < 1.29 is 0 Å². The van der Waals surface area contributed by atoms with Gasteiger partial charge in [0, 0.05) is 18.3 Å². The lowest BCUT2D eigenvalue weighted by Crippen LogP contribution is -1.88. The van der Waals surface area contributed by atoms with E-state index in [9.17, 15) is 0 Å². The van der Waals surface area contributed by atoms with E-state index in [1.807, 2.05) is 6.20 Å². The summed E-state index contributed by atoms with van der Waals surface area (Å²) in [5, 5.41) is 0. The van der Waals surface area contributed by atoms with Gasteiger partial charge in [-0.3, -0.25) is 0 Å². The first-order chi connectivity index (χ1) is 4.79. The van der Waals surface area contributed by atoms with Gasteiger partial charge < -0.3 is 4.98 Å². The first-order valence-electron chi connectivity index (χ1n) is 3.60. The molecule has 0 saturated heterocycles. The number of hydrogen-bond acceptors (Lipinski definition) is 1. The fraction of sp³-hybridized carbons (Fsp3) is 0.500. The molecule has 0 aliphatic heterocycles. The third-order valence-corrected chi connectivity index (χ3v) is 1.33. The number of aromatic nitrogens is 2. The number of hydrogen-bond donors (Lipinski definition) is 1. The molecule has 1 aromatic rings. The third-order valence-electron chi connectivity index (χ3n) is 1.33. The lowest BCUT2D eigenvalue weighted by molar-refractivity contribution is 0.642. The molecule has 0 spiro atoms. The largest absolute Gasteiger partial charge is 0.348 e. The van der Waals surface area contributed by atoms with Gasteiger partial charge in [-0.25, -0.2) is 4.98 Å². The highest BCUT2D eigenvalue weighted by Gasteiger charge is 1.96. The van der Waals surface area contributed by atoms with Crippen LogP contribution in [-0.2, 0) is 0 Å². The van der Waals surface area contributed by atoms with Crippen LogP contribution in [-0.4, -0.2) is 9.97 Å². The van der Waals surface area contributed by atoms with Crippen LogP contribution in [0.4, 0.5) is 0 Å². The number of aromatic amines is 1. The van der Waals surface area contributed by atoms with Gasteiger partial charge in [0.1, 0.15) is 0 Å². The molecule has 1 radical (unpaired) electrons. The Labute approximate surface area is 61.7 Å². The molecular weight excluding hydrogens is 124 g/mol. The van der Waals surface area contributed by atoms with Gasteiger partial charge in [0.2, 0.25) is 0 Å². The van der Waals surface area contributed by atoms with Crippen molar-refractivity contribution in [1.82, 2.24) is 9.97 Å². The molecule has 55 valence electrons. The molecule has 10 heavy (non-hydrogen) atoms. The molecule has 0 bridgehead atoms. The summed E-state index contributed by atoms with van der Waals surface area (Å²) in [7, 11) is 0. The van der Waals surface area contributed by atoms with E-state index in [0.29, 0.717) is 0 Å². The van der Waals surface area contributed by atoms with Crippen molar-refractivity contribution >= 4 is 0 Å². The zero-order valence-corrected chi connectivity index (χ0v) is 6.46. The molecule has 1 rings (SSSR count). The maximum atomic E-state index is 3.91. The minimum Gasteiger partial charge on any atom is -0.348 e. The Balaban J connectivity index is 2.28. The van der Waals surface area contributed by atoms with E-state index >= 15 is 0 Å². The van der Waals surface area contributed by atoms with E-state index < -0.39 is 0 Å². The molecule has 0 unspecified atom stereocenters. The Kier molecular flexibility index (Phi) is 2.49. The van der Waals surface area contributed by atoms with Crippen molar-refractivity contribution in [1.29, 1.82) is 0 Å². The average molecular weight is 137 g/mol. The highest BCUT2D eigenvalue weighted by molar-refractivity contribution is 5.06. The van der Waals surface area contributed by atoms with Gasteiger partial charge in [0.05, 0.1) is 6.33 Å². The summed E-state index contributed by atoms with van der Waals surface area (Å²) in [5.41, 5.74) is 1.12. The standard InChI is InChI=1S/C8H13N2/c1-7(2)3-4-8-5-9-6-10-8/h4-7H,3H2,1-2H3,(H,9,10). The molecule has 0 aromatic carbocycles. The van der Waals surface area contributed by atoms with Gasteiger partial charge in [-0.15, -0.1) is 0 Å². The Morgan fingerprint density at radius 1 is 1.70 bits per heavy atom. The summed E-state index contributed by atoms with van der Waals surface area (Å²) in [6.45, 7) is 4.40. The number of nitrogens with zero attached hydrogens (tertiary/aromatic N) is 1.